The number of aryl methyl sites for hydroxylation is 1. The fourth-order valence-corrected chi connectivity index (χ4v) is 10.9. The minimum absolute atomic E-state index is 0.0596. The van der Waals surface area contributed by atoms with Crippen LogP contribution in [0.15, 0.2) is 76.4 Å². The van der Waals surface area contributed by atoms with Crippen LogP contribution in [0.3, 0.4) is 0 Å². The predicted molar refractivity (Wildman–Crippen MR) is 156 cm³/mol. The number of rotatable bonds is 9. The third-order valence-electron chi connectivity index (χ3n) is 8.24. The Kier molecular flexibility index (Phi) is 8.76. The van der Waals surface area contributed by atoms with E-state index >= 15 is 0 Å². The molecule has 208 valence electrons. The van der Waals surface area contributed by atoms with Gasteiger partial charge in [-0.25, -0.2) is 4.79 Å². The Bertz CT molecular complexity index is 1340. The van der Waals surface area contributed by atoms with Crippen molar-refractivity contribution in [2.45, 2.75) is 64.5 Å². The first kappa shape index (κ1) is 28.8. The summed E-state index contributed by atoms with van der Waals surface area (Å²) in [6.07, 6.45) is 4.11. The molecule has 1 aliphatic rings. The molecule has 3 atom stereocenters. The number of carbonyl (C=O) groups is 1. The van der Waals surface area contributed by atoms with Gasteiger partial charge in [-0.15, -0.1) is 0 Å². The molecule has 0 spiro atoms. The number of nitrogens with zero attached hydrogens (tertiary/aromatic N) is 1. The number of nitrogens with one attached hydrogen (secondary N) is 1. The van der Waals surface area contributed by atoms with Crippen molar-refractivity contribution in [2.75, 3.05) is 13.7 Å². The molecule has 1 fully saturated rings. The van der Waals surface area contributed by atoms with Crippen LogP contribution < -0.4 is 21.6 Å². The smallest absolute Gasteiger partial charge is 0.328 e. The van der Waals surface area contributed by atoms with Crippen LogP contribution in [-0.2, 0) is 14.0 Å². The molecule has 3 aromatic rings. The molecular weight excluding hydrogens is 508 g/mol. The van der Waals surface area contributed by atoms with Crippen molar-refractivity contribution in [1.82, 2.24) is 9.55 Å². The summed E-state index contributed by atoms with van der Waals surface area (Å²) >= 11 is 0. The van der Waals surface area contributed by atoms with Gasteiger partial charge in [0.1, 0.15) is 0 Å². The van der Waals surface area contributed by atoms with E-state index in [0.29, 0.717) is 25.0 Å². The number of hydrogen-bond donors (Lipinski definition) is 1. The van der Waals surface area contributed by atoms with Crippen LogP contribution in [0, 0.1) is 18.8 Å². The van der Waals surface area contributed by atoms with E-state index in [-0.39, 0.29) is 34.4 Å². The summed E-state index contributed by atoms with van der Waals surface area (Å²) in [4.78, 5) is 39.3. The largest absolute Gasteiger partial charge is 0.469 e. The maximum absolute atomic E-state index is 12.6. The molecule has 39 heavy (non-hydrogen) atoms. The van der Waals surface area contributed by atoms with Gasteiger partial charge in [0.15, 0.2) is 0 Å². The van der Waals surface area contributed by atoms with E-state index in [1.54, 1.807) is 17.7 Å². The summed E-state index contributed by atoms with van der Waals surface area (Å²) in [5, 5.41) is 2.34. The lowest BCUT2D eigenvalue weighted by Gasteiger charge is -2.43. The van der Waals surface area contributed by atoms with E-state index in [2.05, 4.69) is 74.3 Å². The fraction of sp³-hybridized carbons (Fsp3) is 0.452. The van der Waals surface area contributed by atoms with Gasteiger partial charge in [-0.3, -0.25) is 19.1 Å². The van der Waals surface area contributed by atoms with Crippen molar-refractivity contribution in [2.24, 2.45) is 11.8 Å². The summed E-state index contributed by atoms with van der Waals surface area (Å²) in [7, 11) is -1.26. The molecule has 1 aromatic heterocycles. The molecule has 0 amide bonds. The third kappa shape index (κ3) is 6.02. The minimum Gasteiger partial charge on any atom is -0.469 e. The summed E-state index contributed by atoms with van der Waals surface area (Å²) in [5.74, 6) is -0.0145. The van der Waals surface area contributed by atoms with Crippen LogP contribution in [-0.4, -0.2) is 37.6 Å². The van der Waals surface area contributed by atoms with Crippen LogP contribution >= 0.6 is 0 Å². The highest BCUT2D eigenvalue weighted by Gasteiger charge is 2.50. The first-order valence-corrected chi connectivity index (χ1v) is 15.6. The first-order chi connectivity index (χ1) is 18.6. The van der Waals surface area contributed by atoms with Crippen molar-refractivity contribution in [3.8, 4) is 0 Å². The maximum atomic E-state index is 12.6. The van der Waals surface area contributed by atoms with Crippen LogP contribution in [0.1, 0.15) is 58.1 Å². The van der Waals surface area contributed by atoms with Gasteiger partial charge in [-0.2, -0.15) is 0 Å². The average Bonchev–Trinajstić information content (AvgIpc) is 3.30. The minimum atomic E-state index is -2.67. The van der Waals surface area contributed by atoms with Gasteiger partial charge in [-0.1, -0.05) is 81.4 Å². The highest BCUT2D eigenvalue weighted by Crippen LogP contribution is 2.43. The molecule has 0 saturated heterocycles. The van der Waals surface area contributed by atoms with Gasteiger partial charge >= 0.3 is 11.7 Å². The van der Waals surface area contributed by atoms with Crippen molar-refractivity contribution in [1.29, 1.82) is 0 Å². The molecule has 2 aromatic carbocycles. The normalized spacial score (nSPS) is 19.7. The van der Waals surface area contributed by atoms with Gasteiger partial charge in [0.05, 0.1) is 7.11 Å². The van der Waals surface area contributed by atoms with Crippen molar-refractivity contribution < 1.29 is 14.0 Å². The lowest BCUT2D eigenvalue weighted by atomic mass is 9.90. The third-order valence-corrected chi connectivity index (χ3v) is 13.3. The molecule has 8 heteroatoms. The van der Waals surface area contributed by atoms with Gasteiger partial charge in [0.2, 0.25) is 0 Å². The molecular formula is C31H40N2O5Si. The van der Waals surface area contributed by atoms with Crippen LogP contribution in [0.2, 0.25) is 5.04 Å². The van der Waals surface area contributed by atoms with E-state index in [4.69, 9.17) is 9.16 Å². The number of carbonyl (C=O) groups excluding carboxylic acids is 1. The Balaban J connectivity index is 1.62. The molecule has 4 rings (SSSR count). The number of esters is 1. The van der Waals surface area contributed by atoms with E-state index in [9.17, 15) is 14.4 Å². The Morgan fingerprint density at radius 3 is 2.08 bits per heavy atom. The first-order valence-electron chi connectivity index (χ1n) is 13.7. The quantitative estimate of drug-likeness (QED) is 0.323. The second-order valence-corrected chi connectivity index (χ2v) is 16.0. The monoisotopic (exact) mass is 548 g/mol. The lowest BCUT2D eigenvalue weighted by molar-refractivity contribution is -0.142. The summed E-state index contributed by atoms with van der Waals surface area (Å²) in [6, 6.07) is 21.0. The number of aromatic nitrogens is 2. The molecule has 1 heterocycles. The zero-order valence-electron chi connectivity index (χ0n) is 23.6. The number of H-pyrrole nitrogens is 1. The highest BCUT2D eigenvalue weighted by atomic mass is 28.4. The van der Waals surface area contributed by atoms with Gasteiger partial charge in [-0.05, 0) is 53.4 Å². The topological polar surface area (TPSA) is 90.4 Å². The molecule has 1 saturated carbocycles. The molecule has 1 N–H and O–H groups in total. The Morgan fingerprint density at radius 1 is 0.974 bits per heavy atom. The number of ether oxygens (including phenoxy) is 1. The van der Waals surface area contributed by atoms with Crippen LogP contribution in [0.5, 0.6) is 0 Å². The summed E-state index contributed by atoms with van der Waals surface area (Å²) in [5.41, 5.74) is -0.273. The molecule has 0 radical (unpaired) electrons. The molecule has 0 aliphatic heterocycles. The van der Waals surface area contributed by atoms with E-state index in [0.717, 1.165) is 12.8 Å². The number of aromatic amines is 1. The van der Waals surface area contributed by atoms with E-state index in [1.165, 1.54) is 17.5 Å². The Hall–Kier alpha value is -3.23. The predicted octanol–water partition coefficient (Wildman–Crippen LogP) is 3.94. The lowest BCUT2D eigenvalue weighted by Crippen LogP contribution is -2.66. The fourth-order valence-electron chi connectivity index (χ4n) is 6.29. The van der Waals surface area contributed by atoms with Crippen LogP contribution in [0.4, 0.5) is 0 Å². The maximum Gasteiger partial charge on any atom is 0.328 e. The van der Waals surface area contributed by atoms with E-state index < -0.39 is 14.0 Å². The van der Waals surface area contributed by atoms with Crippen LogP contribution in [0.25, 0.3) is 0 Å². The van der Waals surface area contributed by atoms with Gasteiger partial charge < -0.3 is 9.16 Å². The molecule has 1 aliphatic carbocycles. The van der Waals surface area contributed by atoms with Crippen molar-refractivity contribution in [3.63, 3.8) is 0 Å². The summed E-state index contributed by atoms with van der Waals surface area (Å²) < 4.78 is 13.7. The van der Waals surface area contributed by atoms with Crippen molar-refractivity contribution >= 4 is 24.7 Å². The second kappa shape index (κ2) is 11.9. The van der Waals surface area contributed by atoms with E-state index in [1.807, 2.05) is 12.1 Å². The SMILES string of the molecule is COC(=O)C[C@H]1C[C@H](n2cc(C)c(=O)[nH]c2=O)C[C@@H]1CCO[Si](c1ccccc1)(c1ccccc1)C(C)(C)C. The molecule has 0 unspecified atom stereocenters. The highest BCUT2D eigenvalue weighted by molar-refractivity contribution is 6.99. The zero-order valence-corrected chi connectivity index (χ0v) is 24.6. The van der Waals surface area contributed by atoms with Crippen molar-refractivity contribution in [3.05, 3.63) is 93.3 Å². The second-order valence-electron chi connectivity index (χ2n) is 11.7. The molecule has 0 bridgehead atoms. The number of hydrogen-bond acceptors (Lipinski definition) is 5. The number of benzene rings is 2. The summed E-state index contributed by atoms with van der Waals surface area (Å²) in [6.45, 7) is 9.02. The zero-order chi connectivity index (χ0) is 28.2. The standard InChI is InChI=1S/C31H40N2O5Si/c1-22-21-33(30(36)32-29(22)35)25-18-23(24(19-25)20-28(34)37-5)16-17-38-39(31(2,3)4,26-12-8-6-9-13-26)27-14-10-7-11-15-27/h6-15,21,23-25H,16-20H2,1-5H3,(H,32,35,36)/t23-,24+,25+/m0/s1. The van der Waals surface area contributed by atoms with Gasteiger partial charge in [0.25, 0.3) is 13.9 Å². The Morgan fingerprint density at radius 2 is 1.54 bits per heavy atom. The average molecular weight is 549 g/mol. The Labute approximate surface area is 231 Å². The molecule has 7 nitrogen and oxygen atoms in total. The van der Waals surface area contributed by atoms with Gasteiger partial charge in [0, 0.05) is 30.8 Å². The number of methoxy groups -OCH3 is 1.